The summed E-state index contributed by atoms with van der Waals surface area (Å²) in [4.78, 5) is 16.1. The van der Waals surface area contributed by atoms with Crippen LogP contribution < -0.4 is 5.32 Å². The first kappa shape index (κ1) is 13.0. The van der Waals surface area contributed by atoms with Crippen molar-refractivity contribution in [3.63, 3.8) is 0 Å². The van der Waals surface area contributed by atoms with E-state index in [1.54, 1.807) is 30.2 Å². The maximum atomic E-state index is 12.1. The number of carbonyl (C=O) groups is 1. The standard InChI is InChI=1S/C11H13BrN4O2/c1-18-7-8(4-12)15-11(17)9-5-14-16-3-2-13-6-10(9)16/h2-3,5-6,8H,4,7H2,1H3,(H,15,17). The molecule has 1 amide bonds. The number of methoxy groups -OCH3 is 1. The van der Waals surface area contributed by atoms with Crippen LogP contribution in [0.15, 0.2) is 24.8 Å². The van der Waals surface area contributed by atoms with Crippen LogP contribution in [0.5, 0.6) is 0 Å². The maximum absolute atomic E-state index is 12.1. The van der Waals surface area contributed by atoms with Crippen LogP contribution in [0.4, 0.5) is 0 Å². The lowest BCUT2D eigenvalue weighted by atomic mass is 10.2. The number of hydrogen-bond acceptors (Lipinski definition) is 4. The lowest BCUT2D eigenvalue weighted by Crippen LogP contribution is -2.39. The Morgan fingerprint density at radius 1 is 1.61 bits per heavy atom. The largest absolute Gasteiger partial charge is 0.383 e. The fraction of sp³-hybridized carbons (Fsp3) is 0.364. The number of alkyl halides is 1. The molecule has 0 aliphatic rings. The maximum Gasteiger partial charge on any atom is 0.255 e. The molecule has 2 rings (SSSR count). The Bertz CT molecular complexity index is 543. The van der Waals surface area contributed by atoms with Crippen molar-refractivity contribution in [2.24, 2.45) is 0 Å². The highest BCUT2D eigenvalue weighted by molar-refractivity contribution is 9.09. The number of halogens is 1. The summed E-state index contributed by atoms with van der Waals surface area (Å²) >= 11 is 3.33. The molecule has 0 aliphatic heterocycles. The van der Waals surface area contributed by atoms with E-state index in [1.165, 1.54) is 6.20 Å². The van der Waals surface area contributed by atoms with E-state index in [2.05, 4.69) is 31.3 Å². The van der Waals surface area contributed by atoms with Crippen molar-refractivity contribution in [3.05, 3.63) is 30.4 Å². The summed E-state index contributed by atoms with van der Waals surface area (Å²) in [6.45, 7) is 0.453. The van der Waals surface area contributed by atoms with E-state index in [0.29, 0.717) is 23.0 Å². The Hall–Kier alpha value is -1.47. The molecule has 1 atom stereocenters. The quantitative estimate of drug-likeness (QED) is 0.832. The van der Waals surface area contributed by atoms with Crippen LogP contribution in [0.1, 0.15) is 10.4 Å². The molecule has 0 aromatic carbocycles. The van der Waals surface area contributed by atoms with Crippen LogP contribution in [0, 0.1) is 0 Å². The van der Waals surface area contributed by atoms with Crippen molar-refractivity contribution < 1.29 is 9.53 Å². The van der Waals surface area contributed by atoms with Crippen molar-refractivity contribution in [2.75, 3.05) is 19.0 Å². The van der Waals surface area contributed by atoms with Crippen molar-refractivity contribution in [2.45, 2.75) is 6.04 Å². The van der Waals surface area contributed by atoms with E-state index in [4.69, 9.17) is 4.74 Å². The first-order chi connectivity index (χ1) is 8.76. The monoisotopic (exact) mass is 312 g/mol. The fourth-order valence-corrected chi connectivity index (χ4v) is 1.95. The van der Waals surface area contributed by atoms with Gasteiger partial charge in [-0.15, -0.1) is 0 Å². The number of rotatable bonds is 5. The first-order valence-electron chi connectivity index (χ1n) is 5.39. The number of nitrogens with one attached hydrogen (secondary N) is 1. The lowest BCUT2D eigenvalue weighted by molar-refractivity contribution is 0.0909. The summed E-state index contributed by atoms with van der Waals surface area (Å²) < 4.78 is 6.64. The number of carbonyl (C=O) groups excluding carboxylic acids is 1. The molecule has 0 bridgehead atoms. The summed E-state index contributed by atoms with van der Waals surface area (Å²) in [6, 6.07) is -0.0749. The molecule has 0 aliphatic carbocycles. The van der Waals surface area contributed by atoms with Crippen LogP contribution >= 0.6 is 15.9 Å². The molecule has 0 fully saturated rings. The second kappa shape index (κ2) is 5.92. The van der Waals surface area contributed by atoms with E-state index in [-0.39, 0.29) is 11.9 Å². The van der Waals surface area contributed by atoms with Gasteiger partial charge < -0.3 is 10.1 Å². The van der Waals surface area contributed by atoms with Gasteiger partial charge in [0.05, 0.1) is 36.1 Å². The van der Waals surface area contributed by atoms with Crippen LogP contribution in [-0.2, 0) is 4.74 Å². The number of hydrogen-bond donors (Lipinski definition) is 1. The minimum absolute atomic E-state index is 0.0749. The van der Waals surface area contributed by atoms with Crippen LogP contribution in [0.2, 0.25) is 0 Å². The first-order valence-corrected chi connectivity index (χ1v) is 6.51. The van der Waals surface area contributed by atoms with Crippen molar-refractivity contribution in [1.82, 2.24) is 19.9 Å². The van der Waals surface area contributed by atoms with Gasteiger partial charge in [-0.2, -0.15) is 5.10 Å². The molecule has 7 heteroatoms. The molecule has 0 radical (unpaired) electrons. The lowest BCUT2D eigenvalue weighted by Gasteiger charge is -2.14. The van der Waals surface area contributed by atoms with Gasteiger partial charge in [-0.25, -0.2) is 4.52 Å². The summed E-state index contributed by atoms with van der Waals surface area (Å²) in [5.74, 6) is -0.181. The molecular weight excluding hydrogens is 300 g/mol. The highest BCUT2D eigenvalue weighted by Gasteiger charge is 2.16. The molecule has 0 saturated carbocycles. The van der Waals surface area contributed by atoms with Gasteiger partial charge >= 0.3 is 0 Å². The van der Waals surface area contributed by atoms with Gasteiger partial charge in [-0.1, -0.05) is 15.9 Å². The molecule has 6 nitrogen and oxygen atoms in total. The fourth-order valence-electron chi connectivity index (χ4n) is 1.60. The van der Waals surface area contributed by atoms with Crippen LogP contribution in [0.3, 0.4) is 0 Å². The number of aromatic nitrogens is 3. The Morgan fingerprint density at radius 2 is 2.44 bits per heavy atom. The third-order valence-electron chi connectivity index (χ3n) is 2.46. The third-order valence-corrected chi connectivity index (χ3v) is 3.24. The number of fused-ring (bicyclic) bond motifs is 1. The number of ether oxygens (including phenoxy) is 1. The minimum Gasteiger partial charge on any atom is -0.383 e. The van der Waals surface area contributed by atoms with Gasteiger partial charge in [-0.3, -0.25) is 9.78 Å². The molecular formula is C11H13BrN4O2. The van der Waals surface area contributed by atoms with E-state index in [0.717, 1.165) is 0 Å². The molecule has 96 valence electrons. The predicted octanol–water partition coefficient (Wildman–Crippen LogP) is 0.869. The Labute approximate surface area is 112 Å². The molecule has 2 aromatic heterocycles. The van der Waals surface area contributed by atoms with E-state index >= 15 is 0 Å². The van der Waals surface area contributed by atoms with Gasteiger partial charge in [0.2, 0.25) is 0 Å². The molecule has 1 N–H and O–H groups in total. The molecule has 1 unspecified atom stereocenters. The highest BCUT2D eigenvalue weighted by Crippen LogP contribution is 2.08. The van der Waals surface area contributed by atoms with Gasteiger partial charge in [0.15, 0.2) is 0 Å². The van der Waals surface area contributed by atoms with E-state index in [1.807, 2.05) is 0 Å². The van der Waals surface area contributed by atoms with Gasteiger partial charge in [0, 0.05) is 24.8 Å². The zero-order valence-corrected chi connectivity index (χ0v) is 11.4. The average Bonchev–Trinajstić information content (AvgIpc) is 2.82. The number of amides is 1. The smallest absolute Gasteiger partial charge is 0.255 e. The summed E-state index contributed by atoms with van der Waals surface area (Å²) in [5, 5.41) is 7.59. The highest BCUT2D eigenvalue weighted by atomic mass is 79.9. The second-order valence-corrected chi connectivity index (χ2v) is 4.39. The normalized spacial score (nSPS) is 12.6. The Morgan fingerprint density at radius 3 is 3.17 bits per heavy atom. The Kier molecular flexibility index (Phi) is 4.27. The SMILES string of the molecule is COCC(CBr)NC(=O)c1cnn2ccncc12. The predicted molar refractivity (Wildman–Crippen MR) is 69.9 cm³/mol. The molecule has 0 spiro atoms. The van der Waals surface area contributed by atoms with E-state index < -0.39 is 0 Å². The number of nitrogens with zero attached hydrogens (tertiary/aromatic N) is 3. The van der Waals surface area contributed by atoms with Gasteiger partial charge in [-0.05, 0) is 0 Å². The van der Waals surface area contributed by atoms with Crippen LogP contribution in [-0.4, -0.2) is 45.6 Å². The summed E-state index contributed by atoms with van der Waals surface area (Å²) in [5.41, 5.74) is 1.19. The Balaban J connectivity index is 2.18. The zero-order chi connectivity index (χ0) is 13.0. The van der Waals surface area contributed by atoms with Crippen molar-refractivity contribution >= 4 is 27.4 Å². The summed E-state index contributed by atoms with van der Waals surface area (Å²) in [7, 11) is 1.60. The van der Waals surface area contributed by atoms with Crippen LogP contribution in [0.25, 0.3) is 5.52 Å². The molecule has 2 aromatic rings. The third kappa shape index (κ3) is 2.68. The zero-order valence-electron chi connectivity index (χ0n) is 9.84. The van der Waals surface area contributed by atoms with Gasteiger partial charge in [0.1, 0.15) is 0 Å². The molecule has 18 heavy (non-hydrogen) atoms. The molecule has 2 heterocycles. The second-order valence-electron chi connectivity index (χ2n) is 3.74. The van der Waals surface area contributed by atoms with Gasteiger partial charge in [0.25, 0.3) is 5.91 Å². The van der Waals surface area contributed by atoms with Crippen molar-refractivity contribution in [3.8, 4) is 0 Å². The minimum atomic E-state index is -0.181. The summed E-state index contributed by atoms with van der Waals surface area (Å²) in [6.07, 6.45) is 6.46. The van der Waals surface area contributed by atoms with E-state index in [9.17, 15) is 4.79 Å². The average molecular weight is 313 g/mol. The van der Waals surface area contributed by atoms with Crippen molar-refractivity contribution in [1.29, 1.82) is 0 Å². The molecule has 0 saturated heterocycles. The topological polar surface area (TPSA) is 68.5 Å².